The SMILES string of the molecule is CC(C)(C)c1ccnc(-n2c3[c-]c(Oc4[c-]c(-n5[c-][n+](-c6nc(-n7c8ccccc8c8ccccc87)cc(-n7c8ccccc8c8ccccc87)n6)c6ccccc65)ccc4)ccc3c3ccccc32)c1.[Pt]. The summed E-state index contributed by atoms with van der Waals surface area (Å²) < 4.78 is 17.3. The van der Waals surface area contributed by atoms with Crippen LogP contribution in [0.2, 0.25) is 0 Å². The summed E-state index contributed by atoms with van der Waals surface area (Å²) >= 11 is 0. The fourth-order valence-electron chi connectivity index (χ4n) is 10.4. The molecule has 14 aromatic rings. The Bertz CT molecular complexity index is 4220. The molecule has 0 aliphatic heterocycles. The fourth-order valence-corrected chi connectivity index (χ4v) is 10.4. The molecule has 0 spiro atoms. The second-order valence-electron chi connectivity index (χ2n) is 19.0. The van der Waals surface area contributed by atoms with Crippen LogP contribution in [0, 0.1) is 18.5 Å². The third kappa shape index (κ3) is 6.87. The van der Waals surface area contributed by atoms with E-state index in [1.54, 1.807) is 0 Å². The molecule has 6 heterocycles. The number of imidazole rings is 1. The Balaban J connectivity index is 0.00000504. The fraction of sp³-hybridized carbons (Fsp3) is 0.0645. The Morgan fingerprint density at radius 2 is 0.958 bits per heavy atom. The predicted octanol–water partition coefficient (Wildman–Crippen LogP) is 13.9. The molecule has 0 amide bonds. The van der Waals surface area contributed by atoms with Gasteiger partial charge in [-0.1, -0.05) is 147 Å². The van der Waals surface area contributed by atoms with Gasteiger partial charge < -0.3 is 13.9 Å². The number of hydrogen-bond donors (Lipinski definition) is 0. The molecule has 348 valence electrons. The second-order valence-corrected chi connectivity index (χ2v) is 19.0. The molecule has 0 saturated carbocycles. The van der Waals surface area contributed by atoms with Gasteiger partial charge in [-0.3, -0.25) is 13.7 Å². The van der Waals surface area contributed by atoms with Crippen molar-refractivity contribution < 1.29 is 30.4 Å². The molecular weight excluding hydrogens is 1070 g/mol. The maximum Gasteiger partial charge on any atom is 0.327 e. The van der Waals surface area contributed by atoms with E-state index in [-0.39, 0.29) is 26.5 Å². The van der Waals surface area contributed by atoms with Gasteiger partial charge in [0.25, 0.3) is 0 Å². The zero-order valence-electron chi connectivity index (χ0n) is 39.4. The molecule has 14 rings (SSSR count). The van der Waals surface area contributed by atoms with E-state index >= 15 is 0 Å². The summed E-state index contributed by atoms with van der Waals surface area (Å²) in [5, 5.41) is 6.79. The summed E-state index contributed by atoms with van der Waals surface area (Å²) in [5.41, 5.74) is 9.81. The van der Waals surface area contributed by atoms with E-state index in [0.29, 0.717) is 17.4 Å². The number of aromatic nitrogens is 8. The minimum Gasteiger partial charge on any atom is -0.510 e. The topological polar surface area (TPSA) is 71.5 Å². The van der Waals surface area contributed by atoms with E-state index in [2.05, 4.69) is 211 Å². The molecule has 9 nitrogen and oxygen atoms in total. The van der Waals surface area contributed by atoms with Crippen LogP contribution in [0.3, 0.4) is 0 Å². The van der Waals surface area contributed by atoms with Gasteiger partial charge in [0.05, 0.1) is 22.1 Å². The quantitative estimate of drug-likeness (QED) is 0.118. The monoisotopic (exact) mass is 1110 g/mol. The zero-order valence-corrected chi connectivity index (χ0v) is 41.6. The maximum atomic E-state index is 6.66. The third-order valence-electron chi connectivity index (χ3n) is 13.7. The average Bonchev–Trinajstić information content (AvgIpc) is 4.15. The van der Waals surface area contributed by atoms with Gasteiger partial charge in [0, 0.05) is 82.9 Å². The van der Waals surface area contributed by atoms with Crippen molar-refractivity contribution in [3.8, 4) is 40.6 Å². The van der Waals surface area contributed by atoms with E-state index in [9.17, 15) is 0 Å². The molecule has 0 atom stereocenters. The number of ether oxygens (including phenoxy) is 1. The van der Waals surface area contributed by atoms with Gasteiger partial charge in [-0.25, -0.2) is 4.98 Å². The van der Waals surface area contributed by atoms with E-state index in [1.165, 1.54) is 5.56 Å². The molecule has 10 heteroatoms. The van der Waals surface area contributed by atoms with Crippen LogP contribution in [0.25, 0.3) is 106 Å². The summed E-state index contributed by atoms with van der Waals surface area (Å²) in [7, 11) is 0. The first kappa shape index (κ1) is 43.4. The zero-order chi connectivity index (χ0) is 47.4. The van der Waals surface area contributed by atoms with Crippen LogP contribution in [0.15, 0.2) is 200 Å². The minimum absolute atomic E-state index is 0. The van der Waals surface area contributed by atoms with Gasteiger partial charge in [0.1, 0.15) is 5.82 Å². The molecule has 0 radical (unpaired) electrons. The van der Waals surface area contributed by atoms with Gasteiger partial charge >= 0.3 is 5.95 Å². The van der Waals surface area contributed by atoms with Gasteiger partial charge in [0.2, 0.25) is 0 Å². The first-order chi connectivity index (χ1) is 34.8. The van der Waals surface area contributed by atoms with Gasteiger partial charge in [-0.2, -0.15) is 18.2 Å². The summed E-state index contributed by atoms with van der Waals surface area (Å²) in [6, 6.07) is 74.2. The van der Waals surface area contributed by atoms with Crippen LogP contribution < -0.4 is 9.30 Å². The molecule has 0 N–H and O–H groups in total. The van der Waals surface area contributed by atoms with Crippen LogP contribution in [0.5, 0.6) is 11.5 Å². The molecule has 0 saturated heterocycles. The number of pyridine rings is 1. The van der Waals surface area contributed by atoms with E-state index in [4.69, 9.17) is 19.7 Å². The summed E-state index contributed by atoms with van der Waals surface area (Å²) in [5.74, 6) is 3.85. The normalized spacial score (nSPS) is 12.0. The van der Waals surface area contributed by atoms with Gasteiger partial charge in [-0.15, -0.1) is 39.6 Å². The molecule has 0 unspecified atom stereocenters. The van der Waals surface area contributed by atoms with Crippen molar-refractivity contribution in [2.75, 3.05) is 0 Å². The van der Waals surface area contributed by atoms with Crippen LogP contribution in [-0.4, -0.2) is 33.2 Å². The number of fused-ring (bicyclic) bond motifs is 10. The Labute approximate surface area is 428 Å². The van der Waals surface area contributed by atoms with Gasteiger partial charge in [-0.05, 0) is 58.8 Å². The Morgan fingerprint density at radius 3 is 1.53 bits per heavy atom. The van der Waals surface area contributed by atoms with Crippen molar-refractivity contribution in [1.29, 1.82) is 0 Å². The standard InChI is InChI=1S/C62H42N8O.Pt/c1-62(2,3)40-33-34-63-58(35-40)70-54-28-13-8-23-48(54)49-32-31-43(37-57(49)70)71-42-18-16-17-41(36-42)66-39-67(56-30-15-14-29-55(56)66)61-64-59(68-50-24-9-4-19-44(50)45-20-5-10-25-51(45)68)38-60(65-61)69-52-26-11-6-21-46(52)47-22-7-12-27-53(47)69;/h4-35,38H,1-3H3;/q-2;. The van der Waals surface area contributed by atoms with Crippen molar-refractivity contribution in [3.05, 3.63) is 224 Å². The first-order valence-electron chi connectivity index (χ1n) is 23.8. The first-order valence-corrected chi connectivity index (χ1v) is 23.8. The van der Waals surface area contributed by atoms with Crippen molar-refractivity contribution in [3.63, 3.8) is 0 Å². The number of hydrogen-bond acceptors (Lipinski definition) is 4. The van der Waals surface area contributed by atoms with Crippen molar-refractivity contribution in [2.45, 2.75) is 26.2 Å². The largest absolute Gasteiger partial charge is 0.510 e. The number of benzene rings is 8. The molecule has 0 fully saturated rings. The number of rotatable bonds is 7. The van der Waals surface area contributed by atoms with Crippen LogP contribution >= 0.6 is 0 Å². The Kier molecular flexibility index (Phi) is 10.1. The third-order valence-corrected chi connectivity index (χ3v) is 13.7. The van der Waals surface area contributed by atoms with Gasteiger partial charge in [0.15, 0.2) is 18.0 Å². The molecular formula is C62H42N8OPt-2. The molecule has 0 aliphatic rings. The average molecular weight is 1110 g/mol. The van der Waals surface area contributed by atoms with Crippen LogP contribution in [0.4, 0.5) is 0 Å². The number of para-hydroxylation sites is 7. The van der Waals surface area contributed by atoms with Crippen molar-refractivity contribution in [2.24, 2.45) is 0 Å². The minimum atomic E-state index is -0.0437. The summed E-state index contributed by atoms with van der Waals surface area (Å²) in [4.78, 5) is 15.8. The predicted molar refractivity (Wildman–Crippen MR) is 283 cm³/mol. The summed E-state index contributed by atoms with van der Waals surface area (Å²) in [6.07, 6.45) is 5.56. The molecule has 0 bridgehead atoms. The van der Waals surface area contributed by atoms with Crippen molar-refractivity contribution >= 4 is 76.5 Å². The molecule has 8 aromatic carbocycles. The Morgan fingerprint density at radius 1 is 0.458 bits per heavy atom. The van der Waals surface area contributed by atoms with Crippen LogP contribution in [-0.2, 0) is 26.5 Å². The Hall–Kier alpha value is -8.65. The molecule has 6 aromatic heterocycles. The maximum absolute atomic E-state index is 6.66. The van der Waals surface area contributed by atoms with Crippen molar-refractivity contribution in [1.82, 2.24) is 33.2 Å². The summed E-state index contributed by atoms with van der Waals surface area (Å²) in [6.45, 7) is 6.66. The second kappa shape index (κ2) is 16.8. The van der Waals surface area contributed by atoms with Crippen LogP contribution in [0.1, 0.15) is 26.3 Å². The van der Waals surface area contributed by atoms with E-state index in [0.717, 1.165) is 99.6 Å². The smallest absolute Gasteiger partial charge is 0.327 e. The van der Waals surface area contributed by atoms with E-state index < -0.39 is 0 Å². The molecule has 0 aliphatic carbocycles. The molecule has 72 heavy (non-hydrogen) atoms. The van der Waals surface area contributed by atoms with E-state index in [1.807, 2.05) is 51.7 Å². The number of nitrogens with zero attached hydrogens (tertiary/aromatic N) is 8.